The van der Waals surface area contributed by atoms with Gasteiger partial charge in [0.15, 0.2) is 0 Å². The standard InChI is InChI=1S/C17H28N2/c1-2-3-4-8-13-18-16-11-6-7-12-17(16)19-14-9-5-10-15-19/h6-7,11-12,18H,2-5,8-10,13-15H2,1H3. The number of rotatable bonds is 7. The summed E-state index contributed by atoms with van der Waals surface area (Å²) in [5.41, 5.74) is 2.72. The van der Waals surface area contributed by atoms with Crippen LogP contribution in [0.4, 0.5) is 11.4 Å². The molecule has 1 heterocycles. The van der Waals surface area contributed by atoms with Crippen LogP contribution in [0.25, 0.3) is 0 Å². The average molecular weight is 260 g/mol. The molecule has 19 heavy (non-hydrogen) atoms. The maximum atomic E-state index is 3.63. The van der Waals surface area contributed by atoms with E-state index in [1.54, 1.807) is 0 Å². The average Bonchev–Trinajstić information content (AvgIpc) is 2.48. The number of unbranched alkanes of at least 4 members (excludes halogenated alkanes) is 3. The third kappa shape index (κ3) is 4.45. The van der Waals surface area contributed by atoms with Crippen LogP contribution in [0.5, 0.6) is 0 Å². The maximum absolute atomic E-state index is 3.63. The van der Waals surface area contributed by atoms with Gasteiger partial charge in [-0.3, -0.25) is 0 Å². The third-order valence-electron chi connectivity index (χ3n) is 3.95. The molecule has 0 aliphatic carbocycles. The molecule has 2 rings (SSSR count). The van der Waals surface area contributed by atoms with E-state index in [-0.39, 0.29) is 0 Å². The molecule has 0 unspecified atom stereocenters. The van der Waals surface area contributed by atoms with Crippen LogP contribution >= 0.6 is 0 Å². The molecule has 1 aliphatic heterocycles. The van der Waals surface area contributed by atoms with Crippen LogP contribution in [-0.2, 0) is 0 Å². The topological polar surface area (TPSA) is 15.3 Å². The molecule has 2 nitrogen and oxygen atoms in total. The predicted octanol–water partition coefficient (Wildman–Crippen LogP) is 4.67. The van der Waals surface area contributed by atoms with Gasteiger partial charge in [-0.2, -0.15) is 0 Å². The smallest absolute Gasteiger partial charge is 0.0602 e. The second kappa shape index (κ2) is 8.08. The molecule has 1 fully saturated rings. The van der Waals surface area contributed by atoms with E-state index < -0.39 is 0 Å². The zero-order valence-corrected chi connectivity index (χ0v) is 12.3. The number of hydrogen-bond acceptors (Lipinski definition) is 2. The van der Waals surface area contributed by atoms with E-state index in [1.807, 2.05) is 0 Å². The second-order valence-corrected chi connectivity index (χ2v) is 5.55. The van der Waals surface area contributed by atoms with Crippen molar-refractivity contribution >= 4 is 11.4 Å². The first-order chi connectivity index (χ1) is 9.42. The van der Waals surface area contributed by atoms with Crippen LogP contribution in [0.2, 0.25) is 0 Å². The van der Waals surface area contributed by atoms with E-state index >= 15 is 0 Å². The number of hydrogen-bond donors (Lipinski definition) is 1. The van der Waals surface area contributed by atoms with E-state index in [2.05, 4.69) is 41.4 Å². The van der Waals surface area contributed by atoms with E-state index in [4.69, 9.17) is 0 Å². The van der Waals surface area contributed by atoms with Crippen molar-refractivity contribution in [3.8, 4) is 0 Å². The number of nitrogens with one attached hydrogen (secondary N) is 1. The Morgan fingerprint density at radius 2 is 1.79 bits per heavy atom. The molecule has 0 aromatic heterocycles. The molecule has 0 amide bonds. The minimum atomic E-state index is 1.10. The minimum Gasteiger partial charge on any atom is -0.383 e. The van der Waals surface area contributed by atoms with E-state index in [0.29, 0.717) is 0 Å². The van der Waals surface area contributed by atoms with Gasteiger partial charge in [0.1, 0.15) is 0 Å². The largest absolute Gasteiger partial charge is 0.383 e. The number of anilines is 2. The monoisotopic (exact) mass is 260 g/mol. The summed E-state index contributed by atoms with van der Waals surface area (Å²) in [6.45, 7) is 5.80. The molecule has 106 valence electrons. The normalized spacial score (nSPS) is 15.5. The molecule has 1 aliphatic rings. The van der Waals surface area contributed by atoms with E-state index in [1.165, 1.54) is 69.4 Å². The molecular formula is C17H28N2. The Morgan fingerprint density at radius 1 is 1.00 bits per heavy atom. The van der Waals surface area contributed by atoms with Crippen molar-refractivity contribution in [3.05, 3.63) is 24.3 Å². The quantitative estimate of drug-likeness (QED) is 0.717. The summed E-state index contributed by atoms with van der Waals surface area (Å²) in [5, 5.41) is 3.63. The fraction of sp³-hybridized carbons (Fsp3) is 0.647. The summed E-state index contributed by atoms with van der Waals surface area (Å²) in [6, 6.07) is 8.79. The molecule has 0 spiro atoms. The van der Waals surface area contributed by atoms with Crippen molar-refractivity contribution < 1.29 is 0 Å². The molecule has 1 aromatic rings. The maximum Gasteiger partial charge on any atom is 0.0602 e. The Morgan fingerprint density at radius 3 is 2.58 bits per heavy atom. The zero-order valence-electron chi connectivity index (χ0n) is 12.3. The Hall–Kier alpha value is -1.18. The van der Waals surface area contributed by atoms with Gasteiger partial charge in [0.05, 0.1) is 11.4 Å². The molecule has 2 heteroatoms. The highest BCUT2D eigenvalue weighted by Gasteiger charge is 2.13. The van der Waals surface area contributed by atoms with Crippen LogP contribution in [0.15, 0.2) is 24.3 Å². The van der Waals surface area contributed by atoms with Crippen LogP contribution < -0.4 is 10.2 Å². The highest BCUT2D eigenvalue weighted by Crippen LogP contribution is 2.28. The predicted molar refractivity (Wildman–Crippen MR) is 85.1 cm³/mol. The zero-order chi connectivity index (χ0) is 13.3. The lowest BCUT2D eigenvalue weighted by molar-refractivity contribution is 0.578. The van der Waals surface area contributed by atoms with Crippen LogP contribution in [-0.4, -0.2) is 19.6 Å². The van der Waals surface area contributed by atoms with Crippen LogP contribution in [0.3, 0.4) is 0 Å². The van der Waals surface area contributed by atoms with Crippen molar-refractivity contribution in [3.63, 3.8) is 0 Å². The van der Waals surface area contributed by atoms with Gasteiger partial charge < -0.3 is 10.2 Å². The number of nitrogens with zero attached hydrogens (tertiary/aromatic N) is 1. The second-order valence-electron chi connectivity index (χ2n) is 5.55. The first-order valence-corrected chi connectivity index (χ1v) is 7.99. The molecule has 1 N–H and O–H groups in total. The summed E-state index contributed by atoms with van der Waals surface area (Å²) in [6.07, 6.45) is 9.36. The van der Waals surface area contributed by atoms with Gasteiger partial charge in [0.25, 0.3) is 0 Å². The lowest BCUT2D eigenvalue weighted by Gasteiger charge is -2.30. The van der Waals surface area contributed by atoms with Crippen molar-refractivity contribution in [1.82, 2.24) is 0 Å². The van der Waals surface area contributed by atoms with Gasteiger partial charge in [0, 0.05) is 19.6 Å². The van der Waals surface area contributed by atoms with Crippen molar-refractivity contribution in [2.75, 3.05) is 29.9 Å². The fourth-order valence-electron chi connectivity index (χ4n) is 2.81. The third-order valence-corrected chi connectivity index (χ3v) is 3.95. The van der Waals surface area contributed by atoms with Gasteiger partial charge in [-0.15, -0.1) is 0 Å². The fourth-order valence-corrected chi connectivity index (χ4v) is 2.81. The van der Waals surface area contributed by atoms with Crippen molar-refractivity contribution in [2.24, 2.45) is 0 Å². The molecule has 1 saturated heterocycles. The molecule has 1 aromatic carbocycles. The van der Waals surface area contributed by atoms with Crippen molar-refractivity contribution in [2.45, 2.75) is 51.9 Å². The summed E-state index contributed by atoms with van der Waals surface area (Å²) in [7, 11) is 0. The number of benzene rings is 1. The molecule has 0 atom stereocenters. The first kappa shape index (κ1) is 14.2. The minimum absolute atomic E-state index is 1.10. The summed E-state index contributed by atoms with van der Waals surface area (Å²) < 4.78 is 0. The highest BCUT2D eigenvalue weighted by molar-refractivity contribution is 5.70. The highest BCUT2D eigenvalue weighted by atomic mass is 15.1. The summed E-state index contributed by atoms with van der Waals surface area (Å²) in [5.74, 6) is 0. The molecule has 0 radical (unpaired) electrons. The van der Waals surface area contributed by atoms with Crippen molar-refractivity contribution in [1.29, 1.82) is 0 Å². The van der Waals surface area contributed by atoms with Crippen LogP contribution in [0.1, 0.15) is 51.9 Å². The number of para-hydroxylation sites is 2. The Bertz CT molecular complexity index is 356. The summed E-state index contributed by atoms with van der Waals surface area (Å²) in [4.78, 5) is 2.54. The lowest BCUT2D eigenvalue weighted by atomic mass is 10.1. The van der Waals surface area contributed by atoms with Gasteiger partial charge in [-0.1, -0.05) is 38.3 Å². The molecule has 0 bridgehead atoms. The Balaban J connectivity index is 1.88. The van der Waals surface area contributed by atoms with Gasteiger partial charge in [-0.05, 0) is 37.8 Å². The van der Waals surface area contributed by atoms with Gasteiger partial charge >= 0.3 is 0 Å². The molecule has 0 saturated carbocycles. The SMILES string of the molecule is CCCCCCNc1ccccc1N1CCCCC1. The first-order valence-electron chi connectivity index (χ1n) is 7.99. The van der Waals surface area contributed by atoms with Gasteiger partial charge in [-0.25, -0.2) is 0 Å². The van der Waals surface area contributed by atoms with E-state index in [0.717, 1.165) is 6.54 Å². The van der Waals surface area contributed by atoms with E-state index in [9.17, 15) is 0 Å². The Labute approximate surface area is 118 Å². The lowest BCUT2D eigenvalue weighted by Crippen LogP contribution is -2.30. The molecular weight excluding hydrogens is 232 g/mol. The van der Waals surface area contributed by atoms with Crippen LogP contribution in [0, 0.1) is 0 Å². The summed E-state index contributed by atoms with van der Waals surface area (Å²) >= 11 is 0. The number of piperidine rings is 1. The Kier molecular flexibility index (Phi) is 6.06. The van der Waals surface area contributed by atoms with Gasteiger partial charge in [0.2, 0.25) is 0 Å².